The van der Waals surface area contributed by atoms with Crippen molar-refractivity contribution >= 4 is 70.9 Å². The highest BCUT2D eigenvalue weighted by atomic mass is 16.5. The molecule has 11 atom stereocenters. The summed E-state index contributed by atoms with van der Waals surface area (Å²) in [6, 6.07) is 5.10. The van der Waals surface area contributed by atoms with Gasteiger partial charge >= 0.3 is 0 Å². The van der Waals surface area contributed by atoms with Gasteiger partial charge < -0.3 is 75.4 Å². The van der Waals surface area contributed by atoms with Crippen molar-refractivity contribution in [3.63, 3.8) is 0 Å². The van der Waals surface area contributed by atoms with E-state index < -0.39 is 157 Å². The van der Waals surface area contributed by atoms with Crippen molar-refractivity contribution in [1.82, 2.24) is 60.5 Å². The van der Waals surface area contributed by atoms with Crippen LogP contribution in [0.2, 0.25) is 0 Å². The smallest absolute Gasteiger partial charge is 0.248 e. The number of aryl methyl sites for hydroxylation is 2. The van der Waals surface area contributed by atoms with Gasteiger partial charge in [0.05, 0.1) is 32.3 Å². The van der Waals surface area contributed by atoms with Gasteiger partial charge in [0.1, 0.15) is 60.4 Å². The summed E-state index contributed by atoms with van der Waals surface area (Å²) >= 11 is 0. The Balaban J connectivity index is 1.97. The second-order valence-electron chi connectivity index (χ2n) is 31.3. The molecule has 2 aliphatic rings. The maximum absolute atomic E-state index is 15.7. The topological polar surface area (TPSA) is 329 Å². The highest BCUT2D eigenvalue weighted by Gasteiger charge is 2.44. The van der Waals surface area contributed by atoms with E-state index in [2.05, 4.69) is 21.3 Å². The summed E-state index contributed by atoms with van der Waals surface area (Å²) in [5.74, 6) is -9.17. The number of aliphatic hydroxyl groups excluding tert-OH is 2. The quantitative estimate of drug-likeness (QED) is 0.0889. The molecule has 0 bridgehead atoms. The molecule has 12 amide bonds. The highest BCUT2D eigenvalue weighted by Crippen LogP contribution is 2.25. The predicted octanol–water partition coefficient (Wildman–Crippen LogP) is 4.43. The van der Waals surface area contributed by atoms with E-state index in [0.29, 0.717) is 25.9 Å². The first kappa shape index (κ1) is 90.4. The molecule has 2 saturated heterocycles. The number of hydrogen-bond acceptors (Lipinski definition) is 15. The summed E-state index contributed by atoms with van der Waals surface area (Å²) in [7, 11) is 10.1. The molecule has 594 valence electrons. The number of benzene rings is 2. The summed E-state index contributed by atoms with van der Waals surface area (Å²) in [5, 5.41) is 32.8. The summed E-state index contributed by atoms with van der Waals surface area (Å²) in [4.78, 5) is 191. The third-order valence-corrected chi connectivity index (χ3v) is 20.1. The molecule has 27 nitrogen and oxygen atoms in total. The van der Waals surface area contributed by atoms with E-state index in [1.165, 1.54) is 85.7 Å². The average Bonchev–Trinajstić information content (AvgIpc) is 0.818. The van der Waals surface area contributed by atoms with Crippen LogP contribution in [-0.4, -0.2) is 276 Å². The fourth-order valence-electron chi connectivity index (χ4n) is 13.7. The Labute approximate surface area is 630 Å². The van der Waals surface area contributed by atoms with Gasteiger partial charge in [0, 0.05) is 75.4 Å². The van der Waals surface area contributed by atoms with Gasteiger partial charge in [0.25, 0.3) is 0 Å². The van der Waals surface area contributed by atoms with Crippen LogP contribution < -0.4 is 21.3 Å². The number of hydrogen-bond donors (Lipinski definition) is 6. The molecule has 2 aliphatic heterocycles. The third-order valence-electron chi connectivity index (χ3n) is 20.1. The van der Waals surface area contributed by atoms with Crippen LogP contribution >= 0.6 is 0 Å². The lowest BCUT2D eigenvalue weighted by atomic mass is 9.96. The molecular weight excluding hydrogens is 1360 g/mol. The van der Waals surface area contributed by atoms with E-state index in [1.807, 2.05) is 130 Å². The van der Waals surface area contributed by atoms with Crippen molar-refractivity contribution in [1.29, 1.82) is 0 Å². The van der Waals surface area contributed by atoms with Gasteiger partial charge in [-0.25, -0.2) is 0 Å². The molecule has 4 rings (SSSR count). The minimum Gasteiger partial charge on any atom is -0.394 e. The van der Waals surface area contributed by atoms with Gasteiger partial charge in [-0.2, -0.15) is 0 Å². The third kappa shape index (κ3) is 27.6. The Kier molecular flexibility index (Phi) is 37.8. The number of carbonyl (C=O) groups is 12. The van der Waals surface area contributed by atoms with E-state index in [0.717, 1.165) is 22.4 Å². The Hall–Kier alpha value is -8.04. The number of piperidine rings is 1. The number of carbonyl (C=O) groups excluding carboxylic acids is 12. The molecule has 2 fully saturated rings. The Bertz CT molecular complexity index is 3180. The number of aliphatic hydroxyl groups is 2. The lowest BCUT2D eigenvalue weighted by Gasteiger charge is -2.38. The summed E-state index contributed by atoms with van der Waals surface area (Å²) in [6.07, 6.45) is 1.21. The summed E-state index contributed by atoms with van der Waals surface area (Å²) in [5.41, 5.74) is 1.66. The Morgan fingerprint density at radius 2 is 0.849 bits per heavy atom. The zero-order valence-corrected chi connectivity index (χ0v) is 66.6. The van der Waals surface area contributed by atoms with E-state index >= 15 is 33.6 Å². The fraction of sp³-hybridized carbons (Fsp3) is 0.696. The second-order valence-corrected chi connectivity index (χ2v) is 31.3. The van der Waals surface area contributed by atoms with E-state index in [4.69, 9.17) is 4.74 Å². The van der Waals surface area contributed by atoms with Gasteiger partial charge in [-0.3, -0.25) is 57.5 Å². The molecule has 27 heteroatoms. The van der Waals surface area contributed by atoms with Crippen LogP contribution in [0.3, 0.4) is 0 Å². The number of nitrogens with zero attached hydrogens (tertiary/aromatic N) is 8. The fourth-order valence-corrected chi connectivity index (χ4v) is 13.7. The van der Waals surface area contributed by atoms with Gasteiger partial charge in [0.15, 0.2) is 0 Å². The van der Waals surface area contributed by atoms with Crippen LogP contribution in [0.5, 0.6) is 0 Å². The minimum absolute atomic E-state index is 0.0190. The largest absolute Gasteiger partial charge is 0.394 e. The molecule has 0 aromatic heterocycles. The van der Waals surface area contributed by atoms with Crippen LogP contribution in [0.25, 0.3) is 0 Å². The molecule has 0 radical (unpaired) electrons. The van der Waals surface area contributed by atoms with Gasteiger partial charge in [-0.05, 0) is 131 Å². The molecule has 2 heterocycles. The average molecular weight is 1490 g/mol. The van der Waals surface area contributed by atoms with Crippen LogP contribution in [0.1, 0.15) is 171 Å². The van der Waals surface area contributed by atoms with Gasteiger partial charge in [-0.1, -0.05) is 130 Å². The summed E-state index contributed by atoms with van der Waals surface area (Å²) < 4.78 is 5.76. The minimum atomic E-state index is -1.68. The lowest BCUT2D eigenvalue weighted by Crippen LogP contribution is -2.63. The van der Waals surface area contributed by atoms with Gasteiger partial charge in [0.2, 0.25) is 70.9 Å². The molecule has 2 aromatic rings. The standard InChI is InChI=1S/C79H128N12O15/c1-50(2)43-58-74(100)88(16)65(46-53(7)8)73(99)83-69(55(11)93)79(105)90(18)66(47-54(9)10)78(104)89(17)64(45-52(5)6)72(98)81-59(76(102)91-39-26-21-27-40-91)48-68(95)84(12)38-28-33-67(94)85(13)63(44-51(3)4)71(97)82-60(49-106-42-41-92)75(101)87(15)62(37-35-57-31-24-20-25-32-57)77(103)86(14)61(70(96)80-58)36-34-56-29-22-19-23-30-56/h19-20,22-25,29-32,50-55,58-66,69,92-93H,21,26-28,33-49H2,1-18H3,(H,80,96)(H,81,98)(H,82,97)(H,83,99)/t55-,58+,59+,60+,61+,62+,63+,64+,65+,66+,69+/m1/s1. The normalized spacial score (nSPS) is 24.6. The maximum Gasteiger partial charge on any atom is 0.248 e. The van der Waals surface area contributed by atoms with Crippen LogP contribution in [0.15, 0.2) is 60.7 Å². The van der Waals surface area contributed by atoms with Crippen molar-refractivity contribution < 1.29 is 72.5 Å². The predicted molar refractivity (Wildman–Crippen MR) is 405 cm³/mol. The van der Waals surface area contributed by atoms with E-state index in [1.54, 1.807) is 4.90 Å². The van der Waals surface area contributed by atoms with Crippen molar-refractivity contribution in [3.8, 4) is 0 Å². The van der Waals surface area contributed by atoms with E-state index in [-0.39, 0.29) is 113 Å². The van der Waals surface area contributed by atoms with Crippen molar-refractivity contribution in [3.05, 3.63) is 71.8 Å². The van der Waals surface area contributed by atoms with Gasteiger partial charge in [-0.15, -0.1) is 0 Å². The molecule has 0 unspecified atom stereocenters. The molecular formula is C79H128N12O15. The van der Waals surface area contributed by atoms with Crippen molar-refractivity contribution in [2.24, 2.45) is 29.6 Å². The van der Waals surface area contributed by atoms with Crippen LogP contribution in [0.4, 0.5) is 0 Å². The Morgan fingerprint density at radius 3 is 1.35 bits per heavy atom. The first-order chi connectivity index (χ1) is 49.9. The second kappa shape index (κ2) is 44.3. The first-order valence-corrected chi connectivity index (χ1v) is 38.2. The molecule has 6 N–H and O–H groups in total. The SMILES string of the molecule is CC(C)C[C@@H]1NC(=O)[C@H](CCc2ccccc2)N(C)C(=O)[C@H](CCc2ccccc2)N(C)C(=O)[C@H](COCCO)NC(=O)[C@H](CC(C)C)N(C)C(=O)CCCN(C)C(=O)C[C@@H](C(=O)N2CCCCC2)NC(=O)[C@H](CC(C)C)N(C)C(=O)[C@H](CC(C)C)N(C)C(=O)[C@H]([C@@H](C)O)NC(=O)[C@H](CC(C)C)N(C)C1=O. The number of amides is 12. The molecule has 0 aliphatic carbocycles. The van der Waals surface area contributed by atoms with Crippen molar-refractivity contribution in [2.45, 2.75) is 239 Å². The number of likely N-dealkylation sites (N-methyl/N-ethyl adjacent to an activating group) is 6. The van der Waals surface area contributed by atoms with Crippen LogP contribution in [-0.2, 0) is 75.1 Å². The monoisotopic (exact) mass is 1480 g/mol. The highest BCUT2D eigenvalue weighted by molar-refractivity contribution is 6.00. The molecule has 0 saturated carbocycles. The molecule has 106 heavy (non-hydrogen) atoms. The van der Waals surface area contributed by atoms with Crippen LogP contribution in [0, 0.1) is 29.6 Å². The maximum atomic E-state index is 15.7. The Morgan fingerprint density at radius 1 is 0.443 bits per heavy atom. The van der Waals surface area contributed by atoms with Crippen molar-refractivity contribution in [2.75, 3.05) is 88.8 Å². The molecule has 0 spiro atoms. The number of likely N-dealkylation sites (tertiary alicyclic amines) is 1. The number of ether oxygens (including phenoxy) is 1. The number of rotatable bonds is 22. The number of nitrogens with one attached hydrogen (secondary N) is 4. The first-order valence-electron chi connectivity index (χ1n) is 38.2. The summed E-state index contributed by atoms with van der Waals surface area (Å²) in [6.45, 7) is 19.5. The lowest BCUT2D eigenvalue weighted by molar-refractivity contribution is -0.152. The van der Waals surface area contributed by atoms with E-state index in [9.17, 15) is 34.2 Å². The zero-order valence-electron chi connectivity index (χ0n) is 66.6. The zero-order chi connectivity index (χ0) is 79.4. The molecule has 2 aromatic carbocycles.